The molecule has 0 aliphatic carbocycles. The first kappa shape index (κ1) is 20.5. The summed E-state index contributed by atoms with van der Waals surface area (Å²) >= 11 is 0. The maximum atomic E-state index is 12.9. The van der Waals surface area contributed by atoms with Crippen molar-refractivity contribution < 1.29 is 23.7 Å². The van der Waals surface area contributed by atoms with Crippen molar-refractivity contribution in [2.45, 2.75) is 12.5 Å². The fourth-order valence-electron chi connectivity index (χ4n) is 3.41. The van der Waals surface area contributed by atoms with Crippen LogP contribution >= 0.6 is 0 Å². The zero-order valence-corrected chi connectivity index (χ0v) is 17.5. The molecule has 1 N–H and O–H groups in total. The Morgan fingerprint density at radius 2 is 1.84 bits per heavy atom. The topological polar surface area (TPSA) is 112 Å². The van der Waals surface area contributed by atoms with E-state index in [1.54, 1.807) is 49.5 Å². The van der Waals surface area contributed by atoms with Gasteiger partial charge in [0.2, 0.25) is 11.8 Å². The fourth-order valence-corrected chi connectivity index (χ4v) is 3.41. The molecule has 0 radical (unpaired) electrons. The zero-order chi connectivity index (χ0) is 21.8. The van der Waals surface area contributed by atoms with Crippen LogP contribution in [0, 0.1) is 0 Å². The summed E-state index contributed by atoms with van der Waals surface area (Å²) in [5.41, 5.74) is 1.72. The average Bonchev–Trinajstić information content (AvgIpc) is 3.49. The molecule has 1 amide bonds. The summed E-state index contributed by atoms with van der Waals surface area (Å²) in [4.78, 5) is 14.7. The Bertz CT molecular complexity index is 1050. The standard InChI is InChI=1S/C21H23N5O5/c1-28-13-4-5-18(29-2)15(10-13)16-11-17(23-22-16)21(27)26-9-8-14(12-26)31-20-7-6-19(30-3)24-25-20/h4-7,10-11,14H,8-9,12H2,1-3H3,(H,22,23). The van der Waals surface area contributed by atoms with Crippen LogP contribution in [0.4, 0.5) is 0 Å². The van der Waals surface area contributed by atoms with Gasteiger partial charge in [-0.25, -0.2) is 0 Å². The Labute approximate surface area is 179 Å². The van der Waals surface area contributed by atoms with Crippen LogP contribution in [0.1, 0.15) is 16.9 Å². The predicted octanol–water partition coefficient (Wildman–Crippen LogP) is 2.19. The monoisotopic (exact) mass is 425 g/mol. The van der Waals surface area contributed by atoms with Crippen LogP contribution in [0.25, 0.3) is 11.3 Å². The minimum absolute atomic E-state index is 0.146. The molecule has 0 spiro atoms. The highest BCUT2D eigenvalue weighted by molar-refractivity contribution is 5.93. The molecule has 10 heteroatoms. The van der Waals surface area contributed by atoms with E-state index < -0.39 is 0 Å². The second-order valence-electron chi connectivity index (χ2n) is 6.93. The van der Waals surface area contributed by atoms with Gasteiger partial charge in [-0.3, -0.25) is 9.89 Å². The highest BCUT2D eigenvalue weighted by Gasteiger charge is 2.30. The SMILES string of the molecule is COc1ccc(OC)c(-c2cc(C(=O)N3CCC(Oc4ccc(OC)nn4)C3)[nH]n2)c1. The molecule has 0 saturated carbocycles. The Hall–Kier alpha value is -3.82. The number of carbonyl (C=O) groups excluding carboxylic acids is 1. The summed E-state index contributed by atoms with van der Waals surface area (Å²) in [6.07, 6.45) is 0.539. The van der Waals surface area contributed by atoms with Gasteiger partial charge in [0.05, 0.1) is 33.6 Å². The molecule has 1 saturated heterocycles. The summed E-state index contributed by atoms with van der Waals surface area (Å²) in [7, 11) is 4.70. The van der Waals surface area contributed by atoms with E-state index in [2.05, 4.69) is 20.4 Å². The average molecular weight is 425 g/mol. The summed E-state index contributed by atoms with van der Waals surface area (Å²) < 4.78 is 21.5. The van der Waals surface area contributed by atoms with Gasteiger partial charge in [0.1, 0.15) is 23.3 Å². The number of aromatic nitrogens is 4. The van der Waals surface area contributed by atoms with Crippen molar-refractivity contribution >= 4 is 5.91 Å². The van der Waals surface area contributed by atoms with Gasteiger partial charge in [-0.05, 0) is 24.3 Å². The minimum atomic E-state index is -0.160. The van der Waals surface area contributed by atoms with Gasteiger partial charge in [0.15, 0.2) is 0 Å². The lowest BCUT2D eigenvalue weighted by Crippen LogP contribution is -2.31. The number of carbonyl (C=O) groups is 1. The number of aromatic amines is 1. The number of ether oxygens (including phenoxy) is 4. The molecule has 4 rings (SSSR count). The Balaban J connectivity index is 1.43. The van der Waals surface area contributed by atoms with E-state index in [0.717, 1.165) is 5.56 Å². The predicted molar refractivity (Wildman–Crippen MR) is 111 cm³/mol. The van der Waals surface area contributed by atoms with Gasteiger partial charge in [0.25, 0.3) is 5.91 Å². The summed E-state index contributed by atoms with van der Waals surface area (Å²) in [6.45, 7) is 1.02. The number of hydrogen-bond acceptors (Lipinski definition) is 8. The first-order valence-corrected chi connectivity index (χ1v) is 9.72. The minimum Gasteiger partial charge on any atom is -0.497 e. The molecule has 1 aromatic carbocycles. The number of methoxy groups -OCH3 is 3. The fraction of sp³-hybridized carbons (Fsp3) is 0.333. The molecule has 31 heavy (non-hydrogen) atoms. The lowest BCUT2D eigenvalue weighted by Gasteiger charge is -2.15. The summed E-state index contributed by atoms with van der Waals surface area (Å²) in [5.74, 6) is 1.98. The maximum absolute atomic E-state index is 12.9. The van der Waals surface area contributed by atoms with E-state index in [1.807, 2.05) is 6.07 Å². The van der Waals surface area contributed by atoms with E-state index in [1.165, 1.54) is 7.11 Å². The molecule has 1 aliphatic rings. The third-order valence-corrected chi connectivity index (χ3v) is 5.04. The molecular weight excluding hydrogens is 402 g/mol. The van der Waals surface area contributed by atoms with Gasteiger partial charge in [-0.1, -0.05) is 0 Å². The third kappa shape index (κ3) is 4.37. The molecule has 1 unspecified atom stereocenters. The normalized spacial score (nSPS) is 15.6. The maximum Gasteiger partial charge on any atom is 0.272 e. The quantitative estimate of drug-likeness (QED) is 0.613. The Kier molecular flexibility index (Phi) is 5.87. The zero-order valence-electron chi connectivity index (χ0n) is 17.5. The van der Waals surface area contributed by atoms with E-state index in [4.69, 9.17) is 18.9 Å². The third-order valence-electron chi connectivity index (χ3n) is 5.04. The molecule has 1 fully saturated rings. The number of benzene rings is 1. The highest BCUT2D eigenvalue weighted by atomic mass is 16.5. The highest BCUT2D eigenvalue weighted by Crippen LogP contribution is 2.32. The van der Waals surface area contributed by atoms with Crippen LogP contribution in [0.3, 0.4) is 0 Å². The van der Waals surface area contributed by atoms with Crippen molar-refractivity contribution in [3.05, 3.63) is 42.1 Å². The number of rotatable bonds is 7. The lowest BCUT2D eigenvalue weighted by atomic mass is 10.1. The molecule has 2 aromatic heterocycles. The van der Waals surface area contributed by atoms with Gasteiger partial charge < -0.3 is 23.8 Å². The molecule has 3 heterocycles. The number of H-pyrrole nitrogens is 1. The lowest BCUT2D eigenvalue weighted by molar-refractivity contribution is 0.0765. The van der Waals surface area contributed by atoms with Crippen LogP contribution < -0.4 is 18.9 Å². The van der Waals surface area contributed by atoms with Crippen LogP contribution in [-0.4, -0.2) is 71.7 Å². The van der Waals surface area contributed by atoms with Crippen LogP contribution in [0.15, 0.2) is 36.4 Å². The van der Waals surface area contributed by atoms with Gasteiger partial charge >= 0.3 is 0 Å². The van der Waals surface area contributed by atoms with Crippen molar-refractivity contribution in [1.29, 1.82) is 0 Å². The first-order valence-electron chi connectivity index (χ1n) is 9.72. The largest absolute Gasteiger partial charge is 0.497 e. The van der Waals surface area contributed by atoms with Crippen LogP contribution in [0.5, 0.6) is 23.3 Å². The Morgan fingerprint density at radius 3 is 2.55 bits per heavy atom. The van der Waals surface area contributed by atoms with Gasteiger partial charge in [-0.2, -0.15) is 5.10 Å². The Morgan fingerprint density at radius 1 is 1.03 bits per heavy atom. The summed E-state index contributed by atoms with van der Waals surface area (Å²) in [5, 5.41) is 15.0. The van der Waals surface area contributed by atoms with Crippen LogP contribution in [0.2, 0.25) is 0 Å². The number of nitrogens with one attached hydrogen (secondary N) is 1. The van der Waals surface area contributed by atoms with E-state index in [0.29, 0.717) is 54.2 Å². The number of hydrogen-bond donors (Lipinski definition) is 1. The molecule has 1 aliphatic heterocycles. The smallest absolute Gasteiger partial charge is 0.272 e. The number of nitrogens with zero attached hydrogens (tertiary/aromatic N) is 4. The van der Waals surface area contributed by atoms with E-state index >= 15 is 0 Å². The van der Waals surface area contributed by atoms with Crippen molar-refractivity contribution in [2.75, 3.05) is 34.4 Å². The summed E-state index contributed by atoms with van der Waals surface area (Å²) in [6, 6.07) is 10.5. The second kappa shape index (κ2) is 8.90. The first-order chi connectivity index (χ1) is 15.1. The van der Waals surface area contributed by atoms with Gasteiger partial charge in [0, 0.05) is 30.7 Å². The van der Waals surface area contributed by atoms with Gasteiger partial charge in [-0.15, -0.1) is 10.2 Å². The van der Waals surface area contributed by atoms with E-state index in [9.17, 15) is 4.79 Å². The molecular formula is C21H23N5O5. The van der Waals surface area contributed by atoms with Crippen molar-refractivity contribution in [2.24, 2.45) is 0 Å². The molecule has 1 atom stereocenters. The molecule has 10 nitrogen and oxygen atoms in total. The van der Waals surface area contributed by atoms with E-state index in [-0.39, 0.29) is 12.0 Å². The second-order valence-corrected chi connectivity index (χ2v) is 6.93. The number of amides is 1. The number of likely N-dealkylation sites (tertiary alicyclic amines) is 1. The molecule has 0 bridgehead atoms. The molecule has 3 aromatic rings. The molecule has 162 valence electrons. The van der Waals surface area contributed by atoms with Crippen molar-refractivity contribution in [3.63, 3.8) is 0 Å². The van der Waals surface area contributed by atoms with Crippen molar-refractivity contribution in [1.82, 2.24) is 25.3 Å². The van der Waals surface area contributed by atoms with Crippen molar-refractivity contribution in [3.8, 4) is 34.5 Å². The van der Waals surface area contributed by atoms with Crippen LogP contribution in [-0.2, 0) is 0 Å².